The molecule has 2 rings (SSSR count). The molecule has 0 aliphatic carbocycles. The van der Waals surface area contributed by atoms with Gasteiger partial charge in [-0.05, 0) is 37.5 Å². The summed E-state index contributed by atoms with van der Waals surface area (Å²) in [5, 5.41) is 0.448. The van der Waals surface area contributed by atoms with Gasteiger partial charge in [0.2, 0.25) is 0 Å². The first-order chi connectivity index (χ1) is 12.5. The summed E-state index contributed by atoms with van der Waals surface area (Å²) in [7, 11) is 0. The molecule has 3 heteroatoms. The predicted octanol–water partition coefficient (Wildman–Crippen LogP) is 6.06. The molecule has 1 fully saturated rings. The second-order valence-corrected chi connectivity index (χ2v) is 7.73. The zero-order valence-corrected chi connectivity index (χ0v) is 16.6. The topological polar surface area (TPSA) is 26.3 Å². The van der Waals surface area contributed by atoms with E-state index in [4.69, 9.17) is 4.74 Å². The highest BCUT2D eigenvalue weighted by Crippen LogP contribution is 2.34. The van der Waals surface area contributed by atoms with E-state index in [-0.39, 0.29) is 10.4 Å². The van der Waals surface area contributed by atoms with Crippen LogP contribution in [0.3, 0.4) is 0 Å². The van der Waals surface area contributed by atoms with E-state index in [2.05, 4.69) is 57.4 Å². The van der Waals surface area contributed by atoms with Crippen LogP contribution in [0.2, 0.25) is 0 Å². The van der Waals surface area contributed by atoms with E-state index >= 15 is 0 Å². The fraction of sp³-hybridized carbons (Fsp3) is 0.348. The van der Waals surface area contributed by atoms with Crippen molar-refractivity contribution in [1.29, 1.82) is 0 Å². The normalized spacial score (nSPS) is 17.9. The highest BCUT2D eigenvalue weighted by atomic mass is 32.2. The van der Waals surface area contributed by atoms with Gasteiger partial charge in [-0.25, -0.2) is 0 Å². The molecule has 0 amide bonds. The number of ether oxygens (including phenoxy) is 1. The lowest BCUT2D eigenvalue weighted by Gasteiger charge is -2.11. The molecule has 0 bridgehead atoms. The minimum atomic E-state index is 0.217. The molecule has 0 N–H and O–H groups in total. The van der Waals surface area contributed by atoms with Crippen molar-refractivity contribution in [2.45, 2.75) is 44.8 Å². The zero-order chi connectivity index (χ0) is 18.9. The zero-order valence-electron chi connectivity index (χ0n) is 15.8. The van der Waals surface area contributed by atoms with Gasteiger partial charge < -0.3 is 4.74 Å². The summed E-state index contributed by atoms with van der Waals surface area (Å²) in [5.74, 6) is 0.863. The maximum absolute atomic E-state index is 11.5. The Kier molecular flexibility index (Phi) is 7.99. The molecule has 138 valence electrons. The average Bonchev–Trinajstić information content (AvgIpc) is 2.94. The van der Waals surface area contributed by atoms with Crippen LogP contribution in [0.25, 0.3) is 0 Å². The highest BCUT2D eigenvalue weighted by Gasteiger charge is 2.26. The molecule has 2 nitrogen and oxygen atoms in total. The quantitative estimate of drug-likeness (QED) is 0.392. The average molecular weight is 369 g/mol. The van der Waals surface area contributed by atoms with Gasteiger partial charge in [-0.3, -0.25) is 4.79 Å². The molecule has 0 aromatic heterocycles. The molecule has 0 radical (unpaired) electrons. The number of carbonyl (C=O) groups is 1. The fourth-order valence-corrected chi connectivity index (χ4v) is 3.84. The first-order valence-corrected chi connectivity index (χ1v) is 9.99. The maximum atomic E-state index is 11.5. The van der Waals surface area contributed by atoms with Crippen LogP contribution in [-0.2, 0) is 11.2 Å². The summed E-state index contributed by atoms with van der Waals surface area (Å²) in [6.07, 6.45) is 9.51. The third kappa shape index (κ3) is 6.38. The van der Waals surface area contributed by atoms with Crippen molar-refractivity contribution < 1.29 is 9.53 Å². The van der Waals surface area contributed by atoms with Gasteiger partial charge in [0.1, 0.15) is 5.75 Å². The van der Waals surface area contributed by atoms with E-state index in [9.17, 15) is 4.79 Å². The molecule has 1 aromatic rings. The number of rotatable bonds is 9. The van der Waals surface area contributed by atoms with Crippen LogP contribution in [-0.4, -0.2) is 17.0 Å². The summed E-state index contributed by atoms with van der Waals surface area (Å²) < 4.78 is 5.81. The van der Waals surface area contributed by atoms with Crippen LogP contribution >= 0.6 is 11.8 Å². The number of thioether (sulfide) groups is 1. The Morgan fingerprint density at radius 3 is 2.62 bits per heavy atom. The van der Waals surface area contributed by atoms with Crippen molar-refractivity contribution in [3.05, 3.63) is 77.9 Å². The summed E-state index contributed by atoms with van der Waals surface area (Å²) >= 11 is 1.41. The number of carbonyl (C=O) groups excluding carboxylic acids is 1. The van der Waals surface area contributed by atoms with Crippen LogP contribution in [0.4, 0.5) is 0 Å². The Balaban J connectivity index is 1.76. The summed E-state index contributed by atoms with van der Waals surface area (Å²) in [4.78, 5) is 11.5. The van der Waals surface area contributed by atoms with Crippen LogP contribution < -0.4 is 4.74 Å². The molecular weight excluding hydrogens is 340 g/mol. The first kappa shape index (κ1) is 20.3. The van der Waals surface area contributed by atoms with Crippen molar-refractivity contribution in [2.75, 3.05) is 6.61 Å². The minimum absolute atomic E-state index is 0.217. The minimum Gasteiger partial charge on any atom is -0.493 e. The lowest BCUT2D eigenvalue weighted by molar-refractivity contribution is -0.110. The van der Waals surface area contributed by atoms with Crippen LogP contribution in [0.1, 0.15) is 38.7 Å². The molecule has 26 heavy (non-hydrogen) atoms. The predicted molar refractivity (Wildman–Crippen MR) is 113 cm³/mol. The van der Waals surface area contributed by atoms with E-state index in [1.165, 1.54) is 22.9 Å². The van der Waals surface area contributed by atoms with Crippen molar-refractivity contribution in [1.82, 2.24) is 0 Å². The SMILES string of the molecule is C=C(/C=C\C(=C/C)CC)CCOc1ccc(CC2SC(=O)CC2=C)cc1. The van der Waals surface area contributed by atoms with E-state index in [0.717, 1.165) is 36.2 Å². The summed E-state index contributed by atoms with van der Waals surface area (Å²) in [6.45, 7) is 12.9. The number of hydrogen-bond acceptors (Lipinski definition) is 3. The molecule has 0 saturated carbocycles. The number of benzene rings is 1. The van der Waals surface area contributed by atoms with Gasteiger partial charge >= 0.3 is 0 Å². The summed E-state index contributed by atoms with van der Waals surface area (Å²) in [5.41, 5.74) is 4.62. The maximum Gasteiger partial charge on any atom is 0.193 e. The van der Waals surface area contributed by atoms with Gasteiger partial charge in [0.15, 0.2) is 5.12 Å². The van der Waals surface area contributed by atoms with E-state index in [1.807, 2.05) is 12.1 Å². The molecule has 1 heterocycles. The largest absolute Gasteiger partial charge is 0.493 e. The van der Waals surface area contributed by atoms with Crippen LogP contribution in [0.5, 0.6) is 5.75 Å². The van der Waals surface area contributed by atoms with E-state index in [0.29, 0.717) is 13.0 Å². The van der Waals surface area contributed by atoms with E-state index in [1.54, 1.807) is 0 Å². The molecule has 1 aliphatic rings. The molecule has 1 atom stereocenters. The van der Waals surface area contributed by atoms with Gasteiger partial charge in [-0.15, -0.1) is 0 Å². The third-order valence-corrected chi connectivity index (χ3v) is 5.64. The van der Waals surface area contributed by atoms with Gasteiger partial charge in [0, 0.05) is 18.1 Å². The Hall–Kier alpha value is -2.00. The molecule has 1 aromatic carbocycles. The van der Waals surface area contributed by atoms with Crippen molar-refractivity contribution in [3.8, 4) is 5.75 Å². The number of hydrogen-bond donors (Lipinski definition) is 0. The van der Waals surface area contributed by atoms with Crippen molar-refractivity contribution in [2.24, 2.45) is 0 Å². The fourth-order valence-electron chi connectivity index (χ4n) is 2.73. The molecule has 0 spiro atoms. The smallest absolute Gasteiger partial charge is 0.193 e. The Labute approximate surface area is 161 Å². The second-order valence-electron chi connectivity index (χ2n) is 6.47. The monoisotopic (exact) mass is 368 g/mol. The summed E-state index contributed by atoms with van der Waals surface area (Å²) in [6, 6.07) is 8.13. The van der Waals surface area contributed by atoms with Crippen LogP contribution in [0, 0.1) is 0 Å². The van der Waals surface area contributed by atoms with Gasteiger partial charge in [0.05, 0.1) is 6.61 Å². The molecule has 1 unspecified atom stereocenters. The van der Waals surface area contributed by atoms with Crippen LogP contribution in [0.15, 0.2) is 72.4 Å². The molecule has 1 aliphatic heterocycles. The Morgan fingerprint density at radius 1 is 1.31 bits per heavy atom. The molecular formula is C23H28O2S. The van der Waals surface area contributed by atoms with Crippen molar-refractivity contribution >= 4 is 16.9 Å². The Morgan fingerprint density at radius 2 is 2.04 bits per heavy atom. The Bertz CT molecular complexity index is 710. The number of allylic oxidation sites excluding steroid dienone is 4. The van der Waals surface area contributed by atoms with E-state index < -0.39 is 0 Å². The lowest BCUT2D eigenvalue weighted by Crippen LogP contribution is -2.04. The van der Waals surface area contributed by atoms with Crippen molar-refractivity contribution in [3.63, 3.8) is 0 Å². The van der Waals surface area contributed by atoms with Gasteiger partial charge in [-0.2, -0.15) is 0 Å². The van der Waals surface area contributed by atoms with Gasteiger partial charge in [-0.1, -0.05) is 78.9 Å². The highest BCUT2D eigenvalue weighted by molar-refractivity contribution is 8.14. The standard InChI is InChI=1S/C23H28O2S/c1-5-19(6-2)8-7-17(3)13-14-25-21-11-9-20(10-12-21)16-22-18(4)15-23(24)26-22/h5,7-12,22H,3-4,6,13-16H2,1-2H3/b8-7-,19-5-. The molecule has 1 saturated heterocycles. The van der Waals surface area contributed by atoms with Gasteiger partial charge in [0.25, 0.3) is 0 Å². The second kappa shape index (κ2) is 10.2. The first-order valence-electron chi connectivity index (χ1n) is 9.11. The third-order valence-electron chi connectivity index (χ3n) is 4.45. The lowest BCUT2D eigenvalue weighted by atomic mass is 10.0.